The highest BCUT2D eigenvalue weighted by Gasteiger charge is 2.30. The Kier molecular flexibility index (Phi) is 8.73. The Balaban J connectivity index is 1.46. The molecule has 0 atom stereocenters. The second-order valence-electron chi connectivity index (χ2n) is 10.9. The zero-order chi connectivity index (χ0) is 30.9. The fourth-order valence-corrected chi connectivity index (χ4v) is 6.87. The van der Waals surface area contributed by atoms with Crippen LogP contribution in [0.4, 0.5) is 20.5 Å². The van der Waals surface area contributed by atoms with Crippen LogP contribution in [0.5, 0.6) is 5.88 Å². The first kappa shape index (κ1) is 30.8. The van der Waals surface area contributed by atoms with E-state index in [2.05, 4.69) is 44.0 Å². The summed E-state index contributed by atoms with van der Waals surface area (Å²) < 4.78 is 63.6. The molecule has 0 radical (unpaired) electrons. The molecule has 1 saturated carbocycles. The summed E-state index contributed by atoms with van der Waals surface area (Å²) in [5, 5.41) is 3.81. The molecule has 2 N–H and O–H groups in total. The maximum atomic E-state index is 15.0. The monoisotopic (exact) mass is 630 g/mol. The van der Waals surface area contributed by atoms with Crippen LogP contribution in [-0.2, 0) is 15.9 Å². The molecule has 13 heteroatoms. The highest BCUT2D eigenvalue weighted by molar-refractivity contribution is 7.92. The number of pyridine rings is 1. The average Bonchev–Trinajstić information content (AvgIpc) is 2.96. The minimum absolute atomic E-state index is 0.0268. The van der Waals surface area contributed by atoms with Gasteiger partial charge < -0.3 is 15.0 Å². The molecule has 2 aromatic heterocycles. The number of fused-ring (bicyclic) bond motifs is 1. The van der Waals surface area contributed by atoms with Gasteiger partial charge >= 0.3 is 0 Å². The molecule has 1 aliphatic rings. The van der Waals surface area contributed by atoms with Gasteiger partial charge in [0.25, 0.3) is 15.9 Å². The molecule has 0 unspecified atom stereocenters. The van der Waals surface area contributed by atoms with Gasteiger partial charge in [-0.3, -0.25) is 4.72 Å². The molecular formula is C30H33ClF2N6O3S. The molecule has 228 valence electrons. The zero-order valence-corrected chi connectivity index (χ0v) is 25.8. The highest BCUT2D eigenvalue weighted by atomic mass is 35.5. The predicted molar refractivity (Wildman–Crippen MR) is 165 cm³/mol. The van der Waals surface area contributed by atoms with Gasteiger partial charge in [-0.1, -0.05) is 23.7 Å². The third kappa shape index (κ3) is 6.81. The molecule has 9 nitrogen and oxygen atoms in total. The first-order valence-corrected chi connectivity index (χ1v) is 15.7. The summed E-state index contributed by atoms with van der Waals surface area (Å²) in [4.78, 5) is 15.4. The van der Waals surface area contributed by atoms with Crippen molar-refractivity contribution >= 4 is 44.3 Å². The van der Waals surface area contributed by atoms with Crippen LogP contribution in [0.3, 0.4) is 0 Å². The molecular weight excluding hydrogens is 598 g/mol. The Labute approximate surface area is 254 Å². The Bertz CT molecular complexity index is 1740. The summed E-state index contributed by atoms with van der Waals surface area (Å²) >= 11 is 6.07. The fourth-order valence-electron chi connectivity index (χ4n) is 5.35. The van der Waals surface area contributed by atoms with E-state index in [0.717, 1.165) is 32.6 Å². The van der Waals surface area contributed by atoms with Crippen molar-refractivity contribution in [2.24, 2.45) is 0 Å². The van der Waals surface area contributed by atoms with Crippen LogP contribution in [0.15, 0.2) is 59.6 Å². The second kappa shape index (κ2) is 12.2. The van der Waals surface area contributed by atoms with E-state index >= 15 is 0 Å². The Morgan fingerprint density at radius 2 is 1.77 bits per heavy atom. The number of hydrogen-bond donors (Lipinski definition) is 2. The molecule has 0 saturated heterocycles. The Hall–Kier alpha value is -3.61. The van der Waals surface area contributed by atoms with Crippen LogP contribution in [0.1, 0.15) is 38.2 Å². The number of sulfonamides is 1. The van der Waals surface area contributed by atoms with E-state index in [1.54, 1.807) is 24.3 Å². The number of benzene rings is 2. The molecule has 0 bridgehead atoms. The first-order valence-electron chi connectivity index (χ1n) is 13.8. The van der Waals surface area contributed by atoms with E-state index in [-0.39, 0.29) is 38.7 Å². The molecule has 2 aromatic carbocycles. The molecule has 4 aromatic rings. The quantitative estimate of drug-likeness (QED) is 0.214. The SMILES string of the molecule is COc1nc(NS(=O)(=O)c2ccccc2Cl)ccc1-c1cc(C(C)(F)F)c2nc(NC3CCC(N(C)C)CC3)ncc2c1. The maximum absolute atomic E-state index is 15.0. The van der Waals surface area contributed by atoms with Crippen molar-refractivity contribution in [3.63, 3.8) is 0 Å². The number of hydrogen-bond acceptors (Lipinski definition) is 8. The Morgan fingerprint density at radius 3 is 2.42 bits per heavy atom. The van der Waals surface area contributed by atoms with Gasteiger partial charge in [-0.2, -0.15) is 4.98 Å². The lowest BCUT2D eigenvalue weighted by molar-refractivity contribution is 0.0189. The maximum Gasteiger partial charge on any atom is 0.272 e. The van der Waals surface area contributed by atoms with Crippen LogP contribution in [0, 0.1) is 0 Å². The number of methoxy groups -OCH3 is 1. The molecule has 2 heterocycles. The smallest absolute Gasteiger partial charge is 0.272 e. The normalized spacial score (nSPS) is 17.7. The summed E-state index contributed by atoms with van der Waals surface area (Å²) in [7, 11) is 1.47. The van der Waals surface area contributed by atoms with Crippen molar-refractivity contribution in [1.82, 2.24) is 19.9 Å². The summed E-state index contributed by atoms with van der Waals surface area (Å²) in [5.41, 5.74) is 0.648. The molecule has 0 amide bonds. The summed E-state index contributed by atoms with van der Waals surface area (Å²) in [6.07, 6.45) is 5.49. The van der Waals surface area contributed by atoms with Crippen LogP contribution in [0.25, 0.3) is 22.0 Å². The van der Waals surface area contributed by atoms with Gasteiger partial charge in [-0.05, 0) is 81.7 Å². The van der Waals surface area contributed by atoms with E-state index < -0.39 is 15.9 Å². The van der Waals surface area contributed by atoms with Gasteiger partial charge in [0, 0.05) is 41.7 Å². The number of alkyl halides is 2. The van der Waals surface area contributed by atoms with E-state index in [4.69, 9.17) is 16.3 Å². The zero-order valence-electron chi connectivity index (χ0n) is 24.2. The topological polar surface area (TPSA) is 109 Å². The third-order valence-corrected chi connectivity index (χ3v) is 9.50. The fraction of sp³-hybridized carbons (Fsp3) is 0.367. The molecule has 1 aliphatic carbocycles. The molecule has 5 rings (SSSR count). The molecule has 0 spiro atoms. The lowest BCUT2D eigenvalue weighted by atomic mass is 9.90. The number of halogens is 3. The highest BCUT2D eigenvalue weighted by Crippen LogP contribution is 2.39. The number of rotatable bonds is 9. The van der Waals surface area contributed by atoms with Gasteiger partial charge in [0.05, 0.1) is 17.6 Å². The number of anilines is 2. The van der Waals surface area contributed by atoms with Crippen molar-refractivity contribution in [2.45, 2.75) is 55.5 Å². The van der Waals surface area contributed by atoms with E-state index in [9.17, 15) is 17.2 Å². The van der Waals surface area contributed by atoms with E-state index in [1.165, 1.54) is 37.6 Å². The standard InChI is InChI=1S/C30H33ClF2N6O3S/c1-30(32,33)23-16-18(15-19-17-34-29(37-27(19)23)35-20-9-11-21(12-10-20)39(2)3)22-13-14-26(36-28(22)42-4)38-43(40,41)25-8-6-5-7-24(25)31/h5-8,13-17,20-21H,9-12H2,1-4H3,(H,36,38)(H,34,35,37). The molecule has 43 heavy (non-hydrogen) atoms. The number of ether oxygens (including phenoxy) is 1. The molecule has 0 aliphatic heterocycles. The summed E-state index contributed by atoms with van der Waals surface area (Å²) in [6.45, 7) is 0.825. The van der Waals surface area contributed by atoms with Crippen LogP contribution in [0.2, 0.25) is 5.02 Å². The number of nitrogens with one attached hydrogen (secondary N) is 2. The van der Waals surface area contributed by atoms with E-state index in [0.29, 0.717) is 28.5 Å². The average molecular weight is 631 g/mol. The lowest BCUT2D eigenvalue weighted by Crippen LogP contribution is -2.36. The third-order valence-electron chi connectivity index (χ3n) is 7.65. The predicted octanol–water partition coefficient (Wildman–Crippen LogP) is 6.55. The first-order chi connectivity index (χ1) is 20.4. The minimum Gasteiger partial charge on any atom is -0.480 e. The van der Waals surface area contributed by atoms with Crippen molar-refractivity contribution in [3.05, 3.63) is 65.3 Å². The Morgan fingerprint density at radius 1 is 1.05 bits per heavy atom. The minimum atomic E-state index is -4.05. The summed E-state index contributed by atoms with van der Waals surface area (Å²) in [5.74, 6) is -2.89. The van der Waals surface area contributed by atoms with Gasteiger partial charge in [0.1, 0.15) is 10.7 Å². The molecule has 1 fully saturated rings. The van der Waals surface area contributed by atoms with Crippen LogP contribution in [-0.4, -0.2) is 61.6 Å². The van der Waals surface area contributed by atoms with Gasteiger partial charge in [0.15, 0.2) is 0 Å². The van der Waals surface area contributed by atoms with Crippen molar-refractivity contribution in [3.8, 4) is 17.0 Å². The van der Waals surface area contributed by atoms with Gasteiger partial charge in [-0.15, -0.1) is 0 Å². The van der Waals surface area contributed by atoms with Crippen molar-refractivity contribution in [2.75, 3.05) is 31.2 Å². The van der Waals surface area contributed by atoms with E-state index in [1.807, 2.05) is 0 Å². The number of nitrogens with zero attached hydrogens (tertiary/aromatic N) is 4. The largest absolute Gasteiger partial charge is 0.480 e. The lowest BCUT2D eigenvalue weighted by Gasteiger charge is -2.33. The van der Waals surface area contributed by atoms with Crippen molar-refractivity contribution in [1.29, 1.82) is 0 Å². The summed E-state index contributed by atoms with van der Waals surface area (Å²) in [6, 6.07) is 12.7. The van der Waals surface area contributed by atoms with Gasteiger partial charge in [0.2, 0.25) is 11.8 Å². The van der Waals surface area contributed by atoms with Gasteiger partial charge in [-0.25, -0.2) is 27.2 Å². The second-order valence-corrected chi connectivity index (χ2v) is 13.0. The van der Waals surface area contributed by atoms with Crippen molar-refractivity contribution < 1.29 is 21.9 Å². The van der Waals surface area contributed by atoms with Crippen LogP contribution < -0.4 is 14.8 Å². The number of aromatic nitrogens is 3. The van der Waals surface area contributed by atoms with Crippen LogP contribution >= 0.6 is 11.6 Å².